The summed E-state index contributed by atoms with van der Waals surface area (Å²) in [4.78, 5) is 8.90. The largest absolute Gasteiger partial charge is 0.238 e. The molecule has 17 heavy (non-hydrogen) atoms. The molecule has 88 valence electrons. The maximum Gasteiger partial charge on any atom is 0.129 e. The first-order valence-electron chi connectivity index (χ1n) is 5.70. The predicted molar refractivity (Wildman–Crippen MR) is 73.1 cm³/mol. The van der Waals surface area contributed by atoms with Gasteiger partial charge in [-0.1, -0.05) is 34.1 Å². The van der Waals surface area contributed by atoms with Gasteiger partial charge in [-0.25, -0.2) is 9.97 Å². The van der Waals surface area contributed by atoms with E-state index < -0.39 is 0 Å². The highest BCUT2D eigenvalue weighted by Gasteiger charge is 2.03. The third-order valence-electron chi connectivity index (χ3n) is 2.60. The van der Waals surface area contributed by atoms with Gasteiger partial charge < -0.3 is 0 Å². The SMILES string of the molecule is Cc1cc(C)nc(CCc2ccccc2Br)n1. The van der Waals surface area contributed by atoms with E-state index in [4.69, 9.17) is 0 Å². The molecule has 0 unspecified atom stereocenters. The highest BCUT2D eigenvalue weighted by Crippen LogP contribution is 2.17. The monoisotopic (exact) mass is 290 g/mol. The predicted octanol–water partition coefficient (Wildman–Crippen LogP) is 3.64. The van der Waals surface area contributed by atoms with Crippen molar-refractivity contribution in [3.63, 3.8) is 0 Å². The Hall–Kier alpha value is -1.22. The molecule has 1 aromatic carbocycles. The maximum absolute atomic E-state index is 4.45. The topological polar surface area (TPSA) is 25.8 Å². The number of aromatic nitrogens is 2. The van der Waals surface area contributed by atoms with Gasteiger partial charge in [-0.2, -0.15) is 0 Å². The lowest BCUT2D eigenvalue weighted by Gasteiger charge is -2.05. The molecule has 1 heterocycles. The molecular weight excluding hydrogens is 276 g/mol. The third kappa shape index (κ3) is 3.37. The van der Waals surface area contributed by atoms with Crippen LogP contribution in [0.5, 0.6) is 0 Å². The summed E-state index contributed by atoms with van der Waals surface area (Å²) in [5.41, 5.74) is 3.38. The fourth-order valence-electron chi connectivity index (χ4n) is 1.86. The second-order valence-electron chi connectivity index (χ2n) is 4.16. The molecule has 1 aromatic heterocycles. The van der Waals surface area contributed by atoms with Crippen LogP contribution in [0.4, 0.5) is 0 Å². The molecule has 0 amide bonds. The molecule has 0 N–H and O–H groups in total. The highest BCUT2D eigenvalue weighted by molar-refractivity contribution is 9.10. The molecule has 3 heteroatoms. The van der Waals surface area contributed by atoms with E-state index >= 15 is 0 Å². The molecule has 0 aliphatic rings. The van der Waals surface area contributed by atoms with Crippen LogP contribution in [-0.4, -0.2) is 9.97 Å². The van der Waals surface area contributed by atoms with Gasteiger partial charge in [0.05, 0.1) is 0 Å². The minimum Gasteiger partial charge on any atom is -0.238 e. The average Bonchev–Trinajstić information content (AvgIpc) is 2.27. The van der Waals surface area contributed by atoms with Crippen molar-refractivity contribution in [1.82, 2.24) is 9.97 Å². The Balaban J connectivity index is 2.10. The Labute approximate surface area is 110 Å². The van der Waals surface area contributed by atoms with Crippen molar-refractivity contribution >= 4 is 15.9 Å². The van der Waals surface area contributed by atoms with E-state index in [9.17, 15) is 0 Å². The number of halogens is 1. The van der Waals surface area contributed by atoms with Gasteiger partial charge in [-0.3, -0.25) is 0 Å². The lowest BCUT2D eigenvalue weighted by molar-refractivity contribution is 0.832. The van der Waals surface area contributed by atoms with Crippen LogP contribution >= 0.6 is 15.9 Å². The molecule has 0 radical (unpaired) electrons. The summed E-state index contributed by atoms with van der Waals surface area (Å²) in [6, 6.07) is 10.3. The van der Waals surface area contributed by atoms with Crippen LogP contribution in [0, 0.1) is 13.8 Å². The highest BCUT2D eigenvalue weighted by atomic mass is 79.9. The van der Waals surface area contributed by atoms with Gasteiger partial charge in [-0.05, 0) is 38.0 Å². The van der Waals surface area contributed by atoms with Gasteiger partial charge in [0, 0.05) is 22.3 Å². The Kier molecular flexibility index (Phi) is 3.89. The quantitative estimate of drug-likeness (QED) is 0.862. The van der Waals surface area contributed by atoms with Crippen LogP contribution in [0.25, 0.3) is 0 Å². The van der Waals surface area contributed by atoms with Crippen LogP contribution in [0.1, 0.15) is 22.8 Å². The third-order valence-corrected chi connectivity index (χ3v) is 3.38. The molecule has 0 spiro atoms. The van der Waals surface area contributed by atoms with E-state index in [0.29, 0.717) is 0 Å². The first-order chi connectivity index (χ1) is 8.15. The minimum absolute atomic E-state index is 0.880. The summed E-state index contributed by atoms with van der Waals surface area (Å²) < 4.78 is 1.16. The Morgan fingerprint density at radius 2 is 1.65 bits per heavy atom. The molecule has 2 rings (SSSR count). The summed E-state index contributed by atoms with van der Waals surface area (Å²) in [6.07, 6.45) is 1.84. The second kappa shape index (κ2) is 5.41. The fourth-order valence-corrected chi connectivity index (χ4v) is 2.34. The van der Waals surface area contributed by atoms with Crippen molar-refractivity contribution in [2.45, 2.75) is 26.7 Å². The summed E-state index contributed by atoms with van der Waals surface area (Å²) in [6.45, 7) is 4.02. The summed E-state index contributed by atoms with van der Waals surface area (Å²) in [5.74, 6) is 0.929. The van der Waals surface area contributed by atoms with Crippen LogP contribution in [0.2, 0.25) is 0 Å². The zero-order chi connectivity index (χ0) is 12.3. The van der Waals surface area contributed by atoms with Crippen molar-refractivity contribution in [2.24, 2.45) is 0 Å². The van der Waals surface area contributed by atoms with Crippen molar-refractivity contribution in [3.8, 4) is 0 Å². The van der Waals surface area contributed by atoms with Gasteiger partial charge in [0.25, 0.3) is 0 Å². The molecular formula is C14H15BrN2. The molecule has 0 atom stereocenters. The summed E-state index contributed by atoms with van der Waals surface area (Å²) in [5, 5.41) is 0. The van der Waals surface area contributed by atoms with E-state index in [0.717, 1.165) is 34.5 Å². The number of rotatable bonds is 3. The first-order valence-corrected chi connectivity index (χ1v) is 6.49. The van der Waals surface area contributed by atoms with E-state index in [-0.39, 0.29) is 0 Å². The van der Waals surface area contributed by atoms with Crippen LogP contribution in [-0.2, 0) is 12.8 Å². The average molecular weight is 291 g/mol. The molecule has 0 aliphatic heterocycles. The zero-order valence-corrected chi connectivity index (χ0v) is 11.7. The van der Waals surface area contributed by atoms with Crippen LogP contribution in [0.3, 0.4) is 0 Å². The molecule has 0 aliphatic carbocycles. The molecule has 0 saturated heterocycles. The Morgan fingerprint density at radius 1 is 1.00 bits per heavy atom. The van der Waals surface area contributed by atoms with E-state index in [1.807, 2.05) is 26.0 Å². The summed E-state index contributed by atoms with van der Waals surface area (Å²) in [7, 11) is 0. The van der Waals surface area contributed by atoms with Crippen molar-refractivity contribution in [3.05, 3.63) is 57.6 Å². The van der Waals surface area contributed by atoms with E-state index in [1.165, 1.54) is 5.56 Å². The summed E-state index contributed by atoms with van der Waals surface area (Å²) >= 11 is 3.56. The Bertz CT molecular complexity index is 503. The Morgan fingerprint density at radius 3 is 2.29 bits per heavy atom. The fraction of sp³-hybridized carbons (Fsp3) is 0.286. The van der Waals surface area contributed by atoms with Crippen molar-refractivity contribution < 1.29 is 0 Å². The molecule has 0 saturated carbocycles. The van der Waals surface area contributed by atoms with Gasteiger partial charge in [0.1, 0.15) is 5.82 Å². The number of hydrogen-bond acceptors (Lipinski definition) is 2. The standard InChI is InChI=1S/C14H15BrN2/c1-10-9-11(2)17-14(16-10)8-7-12-5-3-4-6-13(12)15/h3-6,9H,7-8H2,1-2H3. The van der Waals surface area contributed by atoms with Crippen molar-refractivity contribution in [1.29, 1.82) is 0 Å². The second-order valence-corrected chi connectivity index (χ2v) is 5.01. The number of benzene rings is 1. The van der Waals surface area contributed by atoms with E-state index in [1.54, 1.807) is 0 Å². The van der Waals surface area contributed by atoms with E-state index in [2.05, 4.69) is 44.1 Å². The molecule has 2 aromatic rings. The number of nitrogens with zero attached hydrogens (tertiary/aromatic N) is 2. The molecule has 2 nitrogen and oxygen atoms in total. The molecule has 0 fully saturated rings. The van der Waals surface area contributed by atoms with Gasteiger partial charge in [0.2, 0.25) is 0 Å². The lowest BCUT2D eigenvalue weighted by atomic mass is 10.1. The van der Waals surface area contributed by atoms with Gasteiger partial charge >= 0.3 is 0 Å². The van der Waals surface area contributed by atoms with Crippen LogP contribution in [0.15, 0.2) is 34.8 Å². The lowest BCUT2D eigenvalue weighted by Crippen LogP contribution is -2.01. The number of aryl methyl sites for hydroxylation is 4. The van der Waals surface area contributed by atoms with Crippen molar-refractivity contribution in [2.75, 3.05) is 0 Å². The van der Waals surface area contributed by atoms with Gasteiger partial charge in [0.15, 0.2) is 0 Å². The van der Waals surface area contributed by atoms with Crippen LogP contribution < -0.4 is 0 Å². The van der Waals surface area contributed by atoms with Gasteiger partial charge in [-0.15, -0.1) is 0 Å². The number of hydrogen-bond donors (Lipinski definition) is 0. The minimum atomic E-state index is 0.880. The zero-order valence-electron chi connectivity index (χ0n) is 10.1. The molecule has 0 bridgehead atoms. The first kappa shape index (κ1) is 12.2. The normalized spacial score (nSPS) is 10.5. The maximum atomic E-state index is 4.45. The smallest absolute Gasteiger partial charge is 0.129 e.